The monoisotopic (exact) mass is 437 g/mol. The Labute approximate surface area is 176 Å². The van der Waals surface area contributed by atoms with Gasteiger partial charge in [0.15, 0.2) is 11.5 Å². The Morgan fingerprint density at radius 2 is 1.72 bits per heavy atom. The molecule has 0 N–H and O–H groups in total. The third-order valence-corrected chi connectivity index (χ3v) is 5.54. The van der Waals surface area contributed by atoms with Gasteiger partial charge >= 0.3 is 0 Å². The minimum absolute atomic E-state index is 0.0846. The fraction of sp³-hybridized carbons (Fsp3) is 0.200. The Kier molecular flexibility index (Phi) is 6.34. The van der Waals surface area contributed by atoms with Crippen molar-refractivity contribution in [1.82, 2.24) is 4.90 Å². The molecule has 0 unspecified atom stereocenters. The van der Waals surface area contributed by atoms with Crippen molar-refractivity contribution in [3.8, 4) is 17.2 Å². The van der Waals surface area contributed by atoms with Gasteiger partial charge in [-0.25, -0.2) is 4.39 Å². The van der Waals surface area contributed by atoms with Crippen LogP contribution in [0.4, 0.5) is 9.18 Å². The third kappa shape index (κ3) is 4.18. The molecule has 152 valence electrons. The van der Waals surface area contributed by atoms with Crippen LogP contribution in [0.5, 0.6) is 17.2 Å². The predicted octanol–water partition coefficient (Wildman–Crippen LogP) is 4.74. The molecule has 0 aromatic heterocycles. The second kappa shape index (κ2) is 8.75. The van der Waals surface area contributed by atoms with E-state index < -0.39 is 17.0 Å². The highest BCUT2D eigenvalue weighted by Crippen LogP contribution is 2.39. The molecule has 1 aliphatic heterocycles. The van der Waals surface area contributed by atoms with E-state index >= 15 is 0 Å². The highest BCUT2D eigenvalue weighted by molar-refractivity contribution is 8.18. The molecule has 1 saturated heterocycles. The Balaban J connectivity index is 1.94. The lowest BCUT2D eigenvalue weighted by molar-refractivity contribution is -0.123. The molecule has 0 bridgehead atoms. The molecule has 2 aromatic rings. The average molecular weight is 438 g/mol. The average Bonchev–Trinajstić information content (AvgIpc) is 2.97. The van der Waals surface area contributed by atoms with Gasteiger partial charge in [0.25, 0.3) is 11.1 Å². The molecule has 0 atom stereocenters. The predicted molar refractivity (Wildman–Crippen MR) is 109 cm³/mol. The maximum atomic E-state index is 14.1. The van der Waals surface area contributed by atoms with Crippen LogP contribution in [0.3, 0.4) is 0 Å². The first-order chi connectivity index (χ1) is 13.9. The summed E-state index contributed by atoms with van der Waals surface area (Å²) in [5.41, 5.74) is 0.612. The summed E-state index contributed by atoms with van der Waals surface area (Å²) in [6, 6.07) is 7.44. The molecule has 9 heteroatoms. The standard InChI is InChI=1S/C20H17ClFNO5S/c1-26-15-9-17(28-3)16(27-2)7-11(15)8-18-19(24)23(20(25)29-18)10-12-13(21)5-4-6-14(12)22/h4-9H,10H2,1-3H3. The lowest BCUT2D eigenvalue weighted by Gasteiger charge is -2.14. The van der Waals surface area contributed by atoms with E-state index in [0.29, 0.717) is 22.8 Å². The van der Waals surface area contributed by atoms with Crippen LogP contribution in [-0.2, 0) is 11.3 Å². The van der Waals surface area contributed by atoms with Crippen LogP contribution in [0.1, 0.15) is 11.1 Å². The molecule has 2 aromatic carbocycles. The number of benzene rings is 2. The van der Waals surface area contributed by atoms with Crippen molar-refractivity contribution in [3.63, 3.8) is 0 Å². The quantitative estimate of drug-likeness (QED) is 0.608. The summed E-state index contributed by atoms with van der Waals surface area (Å²) >= 11 is 6.77. The van der Waals surface area contributed by atoms with Gasteiger partial charge < -0.3 is 14.2 Å². The van der Waals surface area contributed by atoms with E-state index in [1.807, 2.05) is 0 Å². The van der Waals surface area contributed by atoms with Gasteiger partial charge in [-0.2, -0.15) is 0 Å². The van der Waals surface area contributed by atoms with Crippen molar-refractivity contribution in [2.24, 2.45) is 0 Å². The van der Waals surface area contributed by atoms with Gasteiger partial charge in [0.2, 0.25) is 0 Å². The third-order valence-electron chi connectivity index (χ3n) is 4.27. The van der Waals surface area contributed by atoms with E-state index in [4.69, 9.17) is 25.8 Å². The number of ether oxygens (including phenoxy) is 3. The van der Waals surface area contributed by atoms with Gasteiger partial charge in [0.1, 0.15) is 11.6 Å². The van der Waals surface area contributed by atoms with E-state index in [9.17, 15) is 14.0 Å². The van der Waals surface area contributed by atoms with Crippen LogP contribution in [0.25, 0.3) is 6.08 Å². The highest BCUT2D eigenvalue weighted by atomic mass is 35.5. The Hall–Kier alpha value is -2.71. The minimum atomic E-state index is -0.581. The summed E-state index contributed by atoms with van der Waals surface area (Å²) in [6.45, 7) is -0.253. The van der Waals surface area contributed by atoms with Crippen LogP contribution in [-0.4, -0.2) is 37.4 Å². The first kappa shape index (κ1) is 21.0. The molecule has 0 saturated carbocycles. The number of hydrogen-bond donors (Lipinski definition) is 0. The SMILES string of the molecule is COc1cc(OC)c(OC)cc1C=C1SC(=O)N(Cc2c(F)cccc2Cl)C1=O. The second-order valence-electron chi connectivity index (χ2n) is 5.92. The second-order valence-corrected chi connectivity index (χ2v) is 7.32. The molecule has 0 radical (unpaired) electrons. The van der Waals surface area contributed by atoms with E-state index in [1.54, 1.807) is 12.1 Å². The zero-order chi connectivity index (χ0) is 21.1. The van der Waals surface area contributed by atoms with E-state index in [0.717, 1.165) is 16.7 Å². The summed E-state index contributed by atoms with van der Waals surface area (Å²) in [7, 11) is 4.46. The topological polar surface area (TPSA) is 65.1 Å². The number of amides is 2. The number of carbonyl (C=O) groups excluding carboxylic acids is 2. The number of rotatable bonds is 6. The van der Waals surface area contributed by atoms with Crippen LogP contribution in [0, 0.1) is 5.82 Å². The number of hydrogen-bond acceptors (Lipinski definition) is 6. The first-order valence-corrected chi connectivity index (χ1v) is 9.57. The van der Waals surface area contributed by atoms with Gasteiger partial charge in [0.05, 0.1) is 32.8 Å². The van der Waals surface area contributed by atoms with Crippen molar-refractivity contribution in [3.05, 3.63) is 57.2 Å². The van der Waals surface area contributed by atoms with Crippen LogP contribution in [0.15, 0.2) is 35.2 Å². The highest BCUT2D eigenvalue weighted by Gasteiger charge is 2.36. The molecular formula is C20H17ClFNO5S. The Morgan fingerprint density at radius 3 is 2.34 bits per heavy atom. The molecule has 1 aliphatic rings. The smallest absolute Gasteiger partial charge is 0.293 e. The number of nitrogens with zero attached hydrogens (tertiary/aromatic N) is 1. The molecule has 0 aliphatic carbocycles. The van der Waals surface area contributed by atoms with Gasteiger partial charge in [-0.15, -0.1) is 0 Å². The van der Waals surface area contributed by atoms with Crippen molar-refractivity contribution >= 4 is 40.6 Å². The summed E-state index contributed by atoms with van der Waals surface area (Å²) in [5.74, 6) is 0.213. The number of methoxy groups -OCH3 is 3. The molecule has 1 heterocycles. The van der Waals surface area contributed by atoms with E-state index in [-0.39, 0.29) is 22.0 Å². The summed E-state index contributed by atoms with van der Waals surface area (Å²) in [5, 5.41) is -0.366. The molecule has 0 spiro atoms. The molecule has 1 fully saturated rings. The number of thioether (sulfide) groups is 1. The zero-order valence-corrected chi connectivity index (χ0v) is 17.4. The maximum absolute atomic E-state index is 14.1. The van der Waals surface area contributed by atoms with E-state index in [2.05, 4.69) is 0 Å². The van der Waals surface area contributed by atoms with Crippen molar-refractivity contribution in [2.45, 2.75) is 6.54 Å². The van der Waals surface area contributed by atoms with Crippen molar-refractivity contribution < 1.29 is 28.2 Å². The Morgan fingerprint density at radius 1 is 1.07 bits per heavy atom. The lowest BCUT2D eigenvalue weighted by atomic mass is 10.1. The van der Waals surface area contributed by atoms with Gasteiger partial charge in [-0.1, -0.05) is 17.7 Å². The summed E-state index contributed by atoms with van der Waals surface area (Å²) in [6.07, 6.45) is 1.52. The van der Waals surface area contributed by atoms with Crippen LogP contribution >= 0.6 is 23.4 Å². The molecule has 29 heavy (non-hydrogen) atoms. The van der Waals surface area contributed by atoms with Gasteiger partial charge in [-0.3, -0.25) is 14.5 Å². The minimum Gasteiger partial charge on any atom is -0.496 e. The number of carbonyl (C=O) groups is 2. The summed E-state index contributed by atoms with van der Waals surface area (Å²) in [4.78, 5) is 26.3. The molecule has 3 rings (SSSR count). The van der Waals surface area contributed by atoms with Crippen LogP contribution < -0.4 is 14.2 Å². The first-order valence-electron chi connectivity index (χ1n) is 8.37. The van der Waals surface area contributed by atoms with Gasteiger partial charge in [0, 0.05) is 22.2 Å². The number of halogens is 2. The van der Waals surface area contributed by atoms with Gasteiger partial charge in [-0.05, 0) is 36.0 Å². The lowest BCUT2D eigenvalue weighted by Crippen LogP contribution is -2.28. The van der Waals surface area contributed by atoms with Crippen LogP contribution in [0.2, 0.25) is 5.02 Å². The number of imide groups is 1. The normalized spacial score (nSPS) is 15.2. The molecular weight excluding hydrogens is 421 g/mol. The summed E-state index contributed by atoms with van der Waals surface area (Å²) < 4.78 is 29.9. The fourth-order valence-corrected chi connectivity index (χ4v) is 3.84. The zero-order valence-electron chi connectivity index (χ0n) is 15.8. The van der Waals surface area contributed by atoms with Crippen molar-refractivity contribution in [2.75, 3.05) is 21.3 Å². The largest absolute Gasteiger partial charge is 0.496 e. The molecule has 2 amide bonds. The Bertz CT molecular complexity index is 990. The fourth-order valence-electron chi connectivity index (χ4n) is 2.78. The van der Waals surface area contributed by atoms with E-state index in [1.165, 1.54) is 45.6 Å². The van der Waals surface area contributed by atoms with Crippen molar-refractivity contribution in [1.29, 1.82) is 0 Å². The maximum Gasteiger partial charge on any atom is 0.293 e. The molecule has 6 nitrogen and oxygen atoms in total.